The van der Waals surface area contributed by atoms with E-state index >= 15 is 0 Å². The summed E-state index contributed by atoms with van der Waals surface area (Å²) in [4.78, 5) is 12.9. The average Bonchev–Trinajstić information content (AvgIpc) is 2.90. The topological polar surface area (TPSA) is 29.1 Å². The number of nitrogens with one attached hydrogen (secondary N) is 1. The van der Waals surface area contributed by atoms with Gasteiger partial charge in [0.25, 0.3) is 0 Å². The van der Waals surface area contributed by atoms with Gasteiger partial charge < -0.3 is 5.32 Å². The summed E-state index contributed by atoms with van der Waals surface area (Å²) in [5.74, 6) is 0.0265. The Kier molecular flexibility index (Phi) is 3.45. The molecule has 2 heteroatoms. The maximum absolute atomic E-state index is 12.9. The lowest BCUT2D eigenvalue weighted by molar-refractivity contribution is -0.122. The van der Waals surface area contributed by atoms with Crippen LogP contribution in [0.5, 0.6) is 0 Å². The lowest BCUT2D eigenvalue weighted by atomic mass is 9.92. The fourth-order valence-electron chi connectivity index (χ4n) is 3.97. The van der Waals surface area contributed by atoms with Crippen molar-refractivity contribution >= 4 is 5.91 Å². The van der Waals surface area contributed by atoms with Crippen LogP contribution in [0.3, 0.4) is 0 Å². The molecule has 2 aliphatic carbocycles. The molecule has 0 aliphatic heterocycles. The molecule has 2 nitrogen and oxygen atoms in total. The third kappa shape index (κ3) is 2.23. The van der Waals surface area contributed by atoms with Crippen molar-refractivity contribution in [1.29, 1.82) is 0 Å². The minimum Gasteiger partial charge on any atom is -0.353 e. The number of carbonyl (C=O) groups excluding carboxylic acids is 1. The first-order chi connectivity index (χ1) is 10.8. The Morgan fingerprint density at radius 1 is 0.818 bits per heavy atom. The van der Waals surface area contributed by atoms with Crippen LogP contribution in [0.4, 0.5) is 0 Å². The Hall–Kier alpha value is -2.09. The minimum atomic E-state index is -0.144. The van der Waals surface area contributed by atoms with E-state index in [-0.39, 0.29) is 11.8 Å². The Labute approximate surface area is 131 Å². The van der Waals surface area contributed by atoms with E-state index < -0.39 is 0 Å². The van der Waals surface area contributed by atoms with E-state index in [4.69, 9.17) is 0 Å². The van der Waals surface area contributed by atoms with E-state index in [0.29, 0.717) is 6.04 Å². The van der Waals surface area contributed by atoms with Gasteiger partial charge in [-0.1, -0.05) is 67.8 Å². The van der Waals surface area contributed by atoms with Crippen molar-refractivity contribution in [3.05, 3.63) is 59.7 Å². The van der Waals surface area contributed by atoms with Gasteiger partial charge in [-0.15, -0.1) is 0 Å². The molecule has 0 spiro atoms. The normalized spacial score (nSPS) is 17.8. The minimum absolute atomic E-state index is 0.144. The van der Waals surface area contributed by atoms with Gasteiger partial charge in [-0.25, -0.2) is 0 Å². The highest BCUT2D eigenvalue weighted by atomic mass is 16.1. The molecule has 2 aromatic rings. The zero-order valence-corrected chi connectivity index (χ0v) is 12.7. The summed E-state index contributed by atoms with van der Waals surface area (Å²) < 4.78 is 0. The summed E-state index contributed by atoms with van der Waals surface area (Å²) in [6.45, 7) is 0. The van der Waals surface area contributed by atoms with Crippen molar-refractivity contribution in [3.63, 3.8) is 0 Å². The predicted octanol–water partition coefficient (Wildman–Crippen LogP) is 4.25. The fourth-order valence-corrected chi connectivity index (χ4v) is 3.97. The van der Waals surface area contributed by atoms with Crippen LogP contribution in [-0.4, -0.2) is 11.9 Å². The van der Waals surface area contributed by atoms with Gasteiger partial charge in [0.2, 0.25) is 5.91 Å². The lowest BCUT2D eigenvalue weighted by Crippen LogP contribution is -2.39. The van der Waals surface area contributed by atoms with Crippen molar-refractivity contribution < 1.29 is 4.79 Å². The Balaban J connectivity index is 1.67. The van der Waals surface area contributed by atoms with Gasteiger partial charge in [-0.05, 0) is 35.1 Å². The van der Waals surface area contributed by atoms with E-state index in [2.05, 4.69) is 41.7 Å². The molecule has 2 aliphatic rings. The average molecular weight is 291 g/mol. The Morgan fingerprint density at radius 2 is 1.36 bits per heavy atom. The van der Waals surface area contributed by atoms with Gasteiger partial charge in [-0.3, -0.25) is 4.79 Å². The number of fused-ring (bicyclic) bond motifs is 3. The van der Waals surface area contributed by atoms with Crippen LogP contribution in [0.1, 0.15) is 49.1 Å². The van der Waals surface area contributed by atoms with Crippen LogP contribution >= 0.6 is 0 Å². The van der Waals surface area contributed by atoms with Crippen molar-refractivity contribution in [2.45, 2.75) is 44.1 Å². The number of hydrogen-bond acceptors (Lipinski definition) is 1. The molecular formula is C20H21NO. The van der Waals surface area contributed by atoms with E-state index in [1.807, 2.05) is 12.1 Å². The van der Waals surface area contributed by atoms with E-state index in [9.17, 15) is 4.79 Å². The van der Waals surface area contributed by atoms with E-state index in [1.54, 1.807) is 0 Å². The summed E-state index contributed by atoms with van der Waals surface area (Å²) in [6.07, 6.45) is 6.04. The van der Waals surface area contributed by atoms with Crippen LogP contribution < -0.4 is 5.32 Å². The summed E-state index contributed by atoms with van der Waals surface area (Å²) >= 11 is 0. The Bertz CT molecular complexity index is 655. The molecule has 0 unspecified atom stereocenters. The standard InChI is InChI=1S/C20H21NO/c22-20(21-14-8-2-1-3-9-14)19-17-12-6-4-10-15(17)16-11-5-7-13-18(16)19/h4-7,10-14,19H,1-3,8-9H2,(H,21,22). The Morgan fingerprint density at radius 3 is 1.95 bits per heavy atom. The predicted molar refractivity (Wildman–Crippen MR) is 88.7 cm³/mol. The van der Waals surface area contributed by atoms with Crippen LogP contribution in [-0.2, 0) is 4.79 Å². The molecule has 1 amide bonds. The van der Waals surface area contributed by atoms with E-state index in [1.165, 1.54) is 30.4 Å². The van der Waals surface area contributed by atoms with Gasteiger partial charge in [0, 0.05) is 6.04 Å². The van der Waals surface area contributed by atoms with Crippen LogP contribution in [0.15, 0.2) is 48.5 Å². The van der Waals surface area contributed by atoms with Crippen molar-refractivity contribution in [2.24, 2.45) is 0 Å². The van der Waals surface area contributed by atoms with E-state index in [0.717, 1.165) is 24.0 Å². The summed E-state index contributed by atoms with van der Waals surface area (Å²) in [7, 11) is 0. The smallest absolute Gasteiger partial charge is 0.232 e. The molecular weight excluding hydrogens is 270 g/mol. The highest BCUT2D eigenvalue weighted by molar-refractivity contribution is 5.96. The van der Waals surface area contributed by atoms with Crippen LogP contribution in [0.2, 0.25) is 0 Å². The van der Waals surface area contributed by atoms with Gasteiger partial charge >= 0.3 is 0 Å². The second kappa shape index (κ2) is 5.60. The molecule has 22 heavy (non-hydrogen) atoms. The number of benzene rings is 2. The molecule has 1 saturated carbocycles. The molecule has 1 fully saturated rings. The number of carbonyl (C=O) groups is 1. The van der Waals surface area contributed by atoms with Crippen LogP contribution in [0.25, 0.3) is 11.1 Å². The third-order valence-electron chi connectivity index (χ3n) is 5.05. The highest BCUT2D eigenvalue weighted by Crippen LogP contribution is 2.44. The second-order valence-corrected chi connectivity index (χ2v) is 6.45. The highest BCUT2D eigenvalue weighted by Gasteiger charge is 2.34. The number of hydrogen-bond donors (Lipinski definition) is 1. The summed E-state index contributed by atoms with van der Waals surface area (Å²) in [5, 5.41) is 3.30. The zero-order valence-electron chi connectivity index (χ0n) is 12.7. The van der Waals surface area contributed by atoms with Gasteiger partial charge in [-0.2, -0.15) is 0 Å². The molecule has 112 valence electrons. The summed E-state index contributed by atoms with van der Waals surface area (Å²) in [5.41, 5.74) is 4.72. The van der Waals surface area contributed by atoms with Gasteiger partial charge in [0.15, 0.2) is 0 Å². The maximum atomic E-state index is 12.9. The summed E-state index contributed by atoms with van der Waals surface area (Å²) in [6, 6.07) is 17.0. The van der Waals surface area contributed by atoms with Crippen molar-refractivity contribution in [1.82, 2.24) is 5.32 Å². The third-order valence-corrected chi connectivity index (χ3v) is 5.05. The number of amides is 1. The SMILES string of the molecule is O=C(NC1CCCCC1)C1c2ccccc2-c2ccccc21. The first kappa shape index (κ1) is 13.6. The first-order valence-corrected chi connectivity index (χ1v) is 8.33. The first-order valence-electron chi connectivity index (χ1n) is 8.33. The maximum Gasteiger partial charge on any atom is 0.232 e. The molecule has 4 rings (SSSR count). The molecule has 0 bridgehead atoms. The second-order valence-electron chi connectivity index (χ2n) is 6.45. The monoisotopic (exact) mass is 291 g/mol. The molecule has 0 atom stereocenters. The molecule has 2 aromatic carbocycles. The molecule has 0 heterocycles. The van der Waals surface area contributed by atoms with Crippen molar-refractivity contribution in [2.75, 3.05) is 0 Å². The quantitative estimate of drug-likeness (QED) is 0.880. The fraction of sp³-hybridized carbons (Fsp3) is 0.350. The van der Waals surface area contributed by atoms with Crippen LogP contribution in [0, 0.1) is 0 Å². The molecule has 0 radical (unpaired) electrons. The largest absolute Gasteiger partial charge is 0.353 e. The molecule has 0 saturated heterocycles. The molecule has 1 N–H and O–H groups in total. The lowest BCUT2D eigenvalue weighted by Gasteiger charge is -2.25. The van der Waals surface area contributed by atoms with Gasteiger partial charge in [0.05, 0.1) is 5.92 Å². The van der Waals surface area contributed by atoms with Crippen molar-refractivity contribution in [3.8, 4) is 11.1 Å². The molecule has 0 aromatic heterocycles. The zero-order chi connectivity index (χ0) is 14.9. The number of rotatable bonds is 2. The van der Waals surface area contributed by atoms with Gasteiger partial charge in [0.1, 0.15) is 0 Å².